The summed E-state index contributed by atoms with van der Waals surface area (Å²) in [6, 6.07) is 13.8. The zero-order valence-corrected chi connectivity index (χ0v) is 15.4. The van der Waals surface area contributed by atoms with Crippen molar-refractivity contribution >= 4 is 21.8 Å². The van der Waals surface area contributed by atoms with Crippen molar-refractivity contribution in [1.29, 1.82) is 0 Å². The second kappa shape index (κ2) is 7.01. The first kappa shape index (κ1) is 18.3. The van der Waals surface area contributed by atoms with E-state index in [0.717, 1.165) is 16.0 Å². The number of hydrogen-bond donors (Lipinski definition) is 1. The Morgan fingerprint density at radius 1 is 1.00 bits per heavy atom. The van der Waals surface area contributed by atoms with Crippen molar-refractivity contribution in [2.75, 3.05) is 12.3 Å². The van der Waals surface area contributed by atoms with Gasteiger partial charge in [-0.1, -0.05) is 42.0 Å². The maximum Gasteiger partial charge on any atom is 0.261 e. The third kappa shape index (κ3) is 3.68. The molecule has 0 bridgehead atoms. The molecule has 0 radical (unpaired) electrons. The summed E-state index contributed by atoms with van der Waals surface area (Å²) in [6.45, 7) is 3.40. The molecule has 1 aliphatic rings. The highest BCUT2D eigenvalue weighted by molar-refractivity contribution is 7.89. The van der Waals surface area contributed by atoms with Gasteiger partial charge in [0.15, 0.2) is 0 Å². The third-order valence-electron chi connectivity index (χ3n) is 4.37. The Balaban J connectivity index is 1.67. The van der Waals surface area contributed by atoms with Gasteiger partial charge in [-0.25, -0.2) is 13.1 Å². The minimum absolute atomic E-state index is 0.178. The van der Waals surface area contributed by atoms with Gasteiger partial charge in [0.25, 0.3) is 11.8 Å². The number of aryl methyl sites for hydroxylation is 1. The van der Waals surface area contributed by atoms with Crippen LogP contribution in [-0.2, 0) is 10.0 Å². The molecular weight excluding hydrogens is 352 g/mol. The van der Waals surface area contributed by atoms with E-state index in [0.29, 0.717) is 11.1 Å². The van der Waals surface area contributed by atoms with Crippen LogP contribution < -0.4 is 4.72 Å². The minimum atomic E-state index is -3.65. The van der Waals surface area contributed by atoms with Crippen LogP contribution in [0, 0.1) is 6.92 Å². The maximum absolute atomic E-state index is 12.4. The number of amides is 2. The van der Waals surface area contributed by atoms with Gasteiger partial charge in [0, 0.05) is 12.6 Å². The molecule has 2 aromatic rings. The molecule has 136 valence electrons. The number of carbonyl (C=O) groups excluding carboxylic acids is 2. The van der Waals surface area contributed by atoms with Crippen LogP contribution >= 0.6 is 0 Å². The number of nitrogens with zero attached hydrogens (tertiary/aromatic N) is 1. The molecule has 1 atom stereocenters. The van der Waals surface area contributed by atoms with Crippen molar-refractivity contribution in [3.63, 3.8) is 0 Å². The van der Waals surface area contributed by atoms with E-state index < -0.39 is 27.9 Å². The van der Waals surface area contributed by atoms with Gasteiger partial charge in [-0.05, 0) is 31.5 Å². The van der Waals surface area contributed by atoms with Crippen molar-refractivity contribution in [3.05, 3.63) is 70.8 Å². The highest BCUT2D eigenvalue weighted by atomic mass is 32.2. The summed E-state index contributed by atoms with van der Waals surface area (Å²) in [5, 5.41) is 0. The Hall–Kier alpha value is -2.51. The lowest BCUT2D eigenvalue weighted by Crippen LogP contribution is -2.38. The molecule has 0 saturated heterocycles. The van der Waals surface area contributed by atoms with Crippen molar-refractivity contribution < 1.29 is 18.0 Å². The molecule has 1 unspecified atom stereocenters. The van der Waals surface area contributed by atoms with E-state index in [1.54, 1.807) is 25.1 Å². The molecule has 6 nitrogen and oxygen atoms in total. The number of carbonyl (C=O) groups is 2. The third-order valence-corrected chi connectivity index (χ3v) is 5.80. The van der Waals surface area contributed by atoms with Gasteiger partial charge in [-0.3, -0.25) is 14.5 Å². The zero-order chi connectivity index (χ0) is 18.9. The largest absolute Gasteiger partial charge is 0.273 e. The average Bonchev–Trinajstić information content (AvgIpc) is 2.84. The quantitative estimate of drug-likeness (QED) is 0.789. The normalized spacial score (nSPS) is 15.2. The molecule has 2 aromatic carbocycles. The smallest absolute Gasteiger partial charge is 0.261 e. The number of sulfonamides is 1. The van der Waals surface area contributed by atoms with Gasteiger partial charge in [0.05, 0.1) is 16.9 Å². The SMILES string of the molecule is Cc1ccc2c(c1)C(=O)N(CCS(=O)(=O)NC(C)c1ccccc1)C2=O. The van der Waals surface area contributed by atoms with Crippen LogP contribution in [0.3, 0.4) is 0 Å². The van der Waals surface area contributed by atoms with Gasteiger partial charge in [0.2, 0.25) is 10.0 Å². The van der Waals surface area contributed by atoms with E-state index in [1.165, 1.54) is 0 Å². The highest BCUT2D eigenvalue weighted by Gasteiger charge is 2.36. The van der Waals surface area contributed by atoms with Crippen LogP contribution in [0.2, 0.25) is 0 Å². The summed E-state index contributed by atoms with van der Waals surface area (Å²) in [5.74, 6) is -1.23. The molecule has 3 rings (SSSR count). The first-order valence-electron chi connectivity index (χ1n) is 8.30. The Bertz CT molecular complexity index is 955. The highest BCUT2D eigenvalue weighted by Crippen LogP contribution is 2.23. The molecule has 0 spiro atoms. The lowest BCUT2D eigenvalue weighted by atomic mass is 10.1. The molecule has 0 fully saturated rings. The van der Waals surface area contributed by atoms with E-state index in [2.05, 4.69) is 4.72 Å². The van der Waals surface area contributed by atoms with Gasteiger partial charge >= 0.3 is 0 Å². The molecule has 1 aliphatic heterocycles. The Morgan fingerprint density at radius 3 is 2.35 bits per heavy atom. The zero-order valence-electron chi connectivity index (χ0n) is 14.6. The molecule has 7 heteroatoms. The first-order chi connectivity index (χ1) is 12.3. The van der Waals surface area contributed by atoms with Gasteiger partial charge in [0.1, 0.15) is 0 Å². The lowest BCUT2D eigenvalue weighted by molar-refractivity contribution is 0.0664. The summed E-state index contributed by atoms with van der Waals surface area (Å²) in [5.41, 5.74) is 2.37. The monoisotopic (exact) mass is 372 g/mol. The Kier molecular flexibility index (Phi) is 4.93. The Labute approximate surface area is 152 Å². The molecular formula is C19H20N2O4S. The van der Waals surface area contributed by atoms with Crippen LogP contribution in [0.15, 0.2) is 48.5 Å². The van der Waals surface area contributed by atoms with E-state index in [1.807, 2.05) is 37.3 Å². The van der Waals surface area contributed by atoms with Crippen molar-refractivity contribution in [3.8, 4) is 0 Å². The van der Waals surface area contributed by atoms with Gasteiger partial charge < -0.3 is 0 Å². The number of fused-ring (bicyclic) bond motifs is 1. The molecule has 0 saturated carbocycles. The fourth-order valence-electron chi connectivity index (χ4n) is 2.96. The van der Waals surface area contributed by atoms with Gasteiger partial charge in [-0.2, -0.15) is 0 Å². The summed E-state index contributed by atoms with van der Waals surface area (Å²) >= 11 is 0. The molecule has 0 aliphatic carbocycles. The fraction of sp³-hybridized carbons (Fsp3) is 0.263. The first-order valence-corrected chi connectivity index (χ1v) is 9.95. The fourth-order valence-corrected chi connectivity index (χ4v) is 4.17. The number of rotatable bonds is 6. The van der Waals surface area contributed by atoms with Crippen molar-refractivity contribution in [2.45, 2.75) is 19.9 Å². The summed E-state index contributed by atoms with van der Waals surface area (Å²) in [7, 11) is -3.65. The van der Waals surface area contributed by atoms with Crippen LogP contribution in [0.4, 0.5) is 0 Å². The molecule has 1 N–H and O–H groups in total. The van der Waals surface area contributed by atoms with Crippen LogP contribution in [0.25, 0.3) is 0 Å². The molecule has 1 heterocycles. The minimum Gasteiger partial charge on any atom is -0.273 e. The molecule has 26 heavy (non-hydrogen) atoms. The van der Waals surface area contributed by atoms with E-state index in [-0.39, 0.29) is 12.3 Å². The van der Waals surface area contributed by atoms with E-state index in [4.69, 9.17) is 0 Å². The molecule has 0 aromatic heterocycles. The lowest BCUT2D eigenvalue weighted by Gasteiger charge is -2.17. The molecule has 2 amide bonds. The average molecular weight is 372 g/mol. The standard InChI is InChI=1S/C19H20N2O4S/c1-13-8-9-16-17(12-13)19(23)21(18(16)22)10-11-26(24,25)20-14(2)15-6-4-3-5-7-15/h3-9,12,14,20H,10-11H2,1-2H3. The predicted octanol–water partition coefficient (Wildman–Crippen LogP) is 2.27. The number of benzene rings is 2. The van der Waals surface area contributed by atoms with Gasteiger partial charge in [-0.15, -0.1) is 0 Å². The second-order valence-corrected chi connectivity index (χ2v) is 8.25. The topological polar surface area (TPSA) is 83.6 Å². The summed E-state index contributed by atoms with van der Waals surface area (Å²) in [4.78, 5) is 25.8. The summed E-state index contributed by atoms with van der Waals surface area (Å²) in [6.07, 6.45) is 0. The van der Waals surface area contributed by atoms with E-state index >= 15 is 0 Å². The van der Waals surface area contributed by atoms with Crippen LogP contribution in [0.1, 0.15) is 44.8 Å². The van der Waals surface area contributed by atoms with Crippen molar-refractivity contribution in [2.24, 2.45) is 0 Å². The van der Waals surface area contributed by atoms with E-state index in [9.17, 15) is 18.0 Å². The number of hydrogen-bond acceptors (Lipinski definition) is 4. The Morgan fingerprint density at radius 2 is 1.65 bits per heavy atom. The maximum atomic E-state index is 12.4. The van der Waals surface area contributed by atoms with Crippen LogP contribution in [0.5, 0.6) is 0 Å². The predicted molar refractivity (Wildman–Crippen MR) is 98.3 cm³/mol. The summed E-state index contributed by atoms with van der Waals surface area (Å²) < 4.78 is 27.3. The number of imide groups is 1. The van der Waals surface area contributed by atoms with Crippen molar-refractivity contribution in [1.82, 2.24) is 9.62 Å². The second-order valence-electron chi connectivity index (χ2n) is 6.38. The van der Waals surface area contributed by atoms with Crippen LogP contribution in [-0.4, -0.2) is 37.4 Å². The number of nitrogens with one attached hydrogen (secondary N) is 1.